The summed E-state index contributed by atoms with van der Waals surface area (Å²) >= 11 is 0. The number of benzene rings is 1. The second kappa shape index (κ2) is 6.66. The molecule has 18 heavy (non-hydrogen) atoms. The quantitative estimate of drug-likeness (QED) is 0.871. The lowest BCUT2D eigenvalue weighted by molar-refractivity contribution is -0.119. The maximum absolute atomic E-state index is 12.0. The molecule has 0 amide bonds. The van der Waals surface area contributed by atoms with Gasteiger partial charge in [0, 0.05) is 19.5 Å². The third kappa shape index (κ3) is 4.24. The highest BCUT2D eigenvalue weighted by Crippen LogP contribution is 2.05. The van der Waals surface area contributed by atoms with E-state index < -0.39 is 0 Å². The molecule has 3 nitrogen and oxygen atoms in total. The lowest BCUT2D eigenvalue weighted by Crippen LogP contribution is -2.33. The Bertz CT molecular complexity index is 378. The summed E-state index contributed by atoms with van der Waals surface area (Å²) in [4.78, 5) is 14.3. The minimum atomic E-state index is 0.320. The van der Waals surface area contributed by atoms with Gasteiger partial charge < -0.3 is 5.32 Å². The van der Waals surface area contributed by atoms with Gasteiger partial charge in [0.25, 0.3) is 0 Å². The van der Waals surface area contributed by atoms with E-state index in [0.29, 0.717) is 18.7 Å². The van der Waals surface area contributed by atoms with Gasteiger partial charge in [-0.1, -0.05) is 29.8 Å². The highest BCUT2D eigenvalue weighted by molar-refractivity contribution is 5.82. The normalized spacial score (nSPS) is 17.4. The number of ketones is 1. The Labute approximate surface area is 109 Å². The van der Waals surface area contributed by atoms with Gasteiger partial charge in [0.2, 0.25) is 0 Å². The Morgan fingerprint density at radius 2 is 2.00 bits per heavy atom. The second-order valence-electron chi connectivity index (χ2n) is 5.08. The van der Waals surface area contributed by atoms with Crippen molar-refractivity contribution in [1.29, 1.82) is 0 Å². The van der Waals surface area contributed by atoms with E-state index >= 15 is 0 Å². The number of hydrogen-bond acceptors (Lipinski definition) is 3. The van der Waals surface area contributed by atoms with Gasteiger partial charge in [0.15, 0.2) is 5.78 Å². The highest BCUT2D eigenvalue weighted by atomic mass is 16.1. The third-order valence-electron chi connectivity index (χ3n) is 3.35. The van der Waals surface area contributed by atoms with E-state index in [1.165, 1.54) is 5.56 Å². The van der Waals surface area contributed by atoms with Crippen LogP contribution in [0.4, 0.5) is 0 Å². The molecule has 0 atom stereocenters. The molecule has 1 aliphatic rings. The lowest BCUT2D eigenvalue weighted by atomic mass is 10.1. The predicted octanol–water partition coefficient (Wildman–Crippen LogP) is 1.40. The Kier molecular flexibility index (Phi) is 4.90. The fourth-order valence-corrected chi connectivity index (χ4v) is 2.30. The Morgan fingerprint density at radius 1 is 1.22 bits per heavy atom. The van der Waals surface area contributed by atoms with Gasteiger partial charge >= 0.3 is 0 Å². The summed E-state index contributed by atoms with van der Waals surface area (Å²) in [5.41, 5.74) is 2.36. The fourth-order valence-electron chi connectivity index (χ4n) is 2.30. The van der Waals surface area contributed by atoms with Crippen LogP contribution in [0.25, 0.3) is 0 Å². The SMILES string of the molecule is Cc1ccc(CC(=O)CN2CCCNCC2)cc1. The maximum Gasteiger partial charge on any atom is 0.151 e. The molecule has 1 fully saturated rings. The van der Waals surface area contributed by atoms with Crippen LogP contribution in [-0.4, -0.2) is 43.4 Å². The molecular weight excluding hydrogens is 224 g/mol. The first-order valence-corrected chi connectivity index (χ1v) is 6.74. The molecule has 0 aromatic heterocycles. The summed E-state index contributed by atoms with van der Waals surface area (Å²) in [6, 6.07) is 8.24. The van der Waals surface area contributed by atoms with Crippen LogP contribution in [0.5, 0.6) is 0 Å². The van der Waals surface area contributed by atoms with Crippen molar-refractivity contribution in [3.8, 4) is 0 Å². The Balaban J connectivity index is 1.82. The van der Waals surface area contributed by atoms with Gasteiger partial charge in [-0.2, -0.15) is 0 Å². The summed E-state index contributed by atoms with van der Waals surface area (Å²) in [7, 11) is 0. The second-order valence-corrected chi connectivity index (χ2v) is 5.08. The molecule has 0 saturated carbocycles. The van der Waals surface area contributed by atoms with E-state index in [0.717, 1.165) is 38.2 Å². The van der Waals surface area contributed by atoms with Crippen LogP contribution in [0.3, 0.4) is 0 Å². The molecule has 1 aliphatic heterocycles. The summed E-state index contributed by atoms with van der Waals surface area (Å²) in [6.07, 6.45) is 1.70. The van der Waals surface area contributed by atoms with Crippen molar-refractivity contribution in [2.45, 2.75) is 19.8 Å². The molecule has 0 radical (unpaired) electrons. The van der Waals surface area contributed by atoms with E-state index in [-0.39, 0.29) is 0 Å². The Morgan fingerprint density at radius 3 is 2.78 bits per heavy atom. The van der Waals surface area contributed by atoms with Crippen molar-refractivity contribution >= 4 is 5.78 Å². The van der Waals surface area contributed by atoms with Crippen molar-refractivity contribution in [1.82, 2.24) is 10.2 Å². The number of carbonyl (C=O) groups excluding carboxylic acids is 1. The first-order chi connectivity index (χ1) is 8.74. The van der Waals surface area contributed by atoms with E-state index in [4.69, 9.17) is 0 Å². The van der Waals surface area contributed by atoms with Gasteiger partial charge in [-0.05, 0) is 32.0 Å². The molecule has 1 N–H and O–H groups in total. The van der Waals surface area contributed by atoms with Gasteiger partial charge in [0.05, 0.1) is 6.54 Å². The zero-order valence-electron chi connectivity index (χ0n) is 11.1. The zero-order chi connectivity index (χ0) is 12.8. The highest BCUT2D eigenvalue weighted by Gasteiger charge is 2.12. The van der Waals surface area contributed by atoms with Crippen LogP contribution in [-0.2, 0) is 11.2 Å². The van der Waals surface area contributed by atoms with Crippen molar-refractivity contribution < 1.29 is 4.79 Å². The monoisotopic (exact) mass is 246 g/mol. The van der Waals surface area contributed by atoms with Gasteiger partial charge in [-0.25, -0.2) is 0 Å². The number of carbonyl (C=O) groups is 1. The molecule has 1 aromatic carbocycles. The molecule has 2 rings (SSSR count). The minimum absolute atomic E-state index is 0.320. The average Bonchev–Trinajstić information content (AvgIpc) is 2.61. The molecule has 0 spiro atoms. The number of rotatable bonds is 4. The van der Waals surface area contributed by atoms with Crippen LogP contribution in [0, 0.1) is 6.92 Å². The first-order valence-electron chi connectivity index (χ1n) is 6.74. The van der Waals surface area contributed by atoms with Gasteiger partial charge in [-0.15, -0.1) is 0 Å². The standard InChI is InChI=1S/C15H22N2O/c1-13-3-5-14(6-4-13)11-15(18)12-17-9-2-7-16-8-10-17/h3-6,16H,2,7-12H2,1H3. The molecule has 1 saturated heterocycles. The van der Waals surface area contributed by atoms with Gasteiger partial charge in [0.1, 0.15) is 0 Å². The van der Waals surface area contributed by atoms with Crippen molar-refractivity contribution in [2.75, 3.05) is 32.7 Å². The predicted molar refractivity (Wildman–Crippen MR) is 73.8 cm³/mol. The van der Waals surface area contributed by atoms with Crippen molar-refractivity contribution in [2.24, 2.45) is 0 Å². The lowest BCUT2D eigenvalue weighted by Gasteiger charge is -2.18. The molecular formula is C15H22N2O. The van der Waals surface area contributed by atoms with E-state index in [1.807, 2.05) is 0 Å². The minimum Gasteiger partial charge on any atom is -0.315 e. The molecule has 98 valence electrons. The average molecular weight is 246 g/mol. The van der Waals surface area contributed by atoms with Crippen LogP contribution >= 0.6 is 0 Å². The smallest absolute Gasteiger partial charge is 0.151 e. The zero-order valence-corrected chi connectivity index (χ0v) is 11.1. The van der Waals surface area contributed by atoms with E-state index in [9.17, 15) is 4.79 Å². The van der Waals surface area contributed by atoms with Gasteiger partial charge in [-0.3, -0.25) is 9.69 Å². The number of Topliss-reactive ketones (excluding diaryl/α,β-unsaturated/α-hetero) is 1. The van der Waals surface area contributed by atoms with Crippen molar-refractivity contribution in [3.63, 3.8) is 0 Å². The molecule has 1 aromatic rings. The van der Waals surface area contributed by atoms with Crippen LogP contribution in [0.2, 0.25) is 0 Å². The summed E-state index contributed by atoms with van der Waals surface area (Å²) < 4.78 is 0. The number of hydrogen-bond donors (Lipinski definition) is 1. The van der Waals surface area contributed by atoms with E-state index in [1.54, 1.807) is 0 Å². The summed E-state index contributed by atoms with van der Waals surface area (Å²) in [5.74, 6) is 0.320. The topological polar surface area (TPSA) is 32.3 Å². The maximum atomic E-state index is 12.0. The molecule has 0 aliphatic carbocycles. The van der Waals surface area contributed by atoms with Crippen LogP contribution < -0.4 is 5.32 Å². The van der Waals surface area contributed by atoms with Crippen LogP contribution in [0.15, 0.2) is 24.3 Å². The Hall–Kier alpha value is -1.19. The molecule has 0 unspecified atom stereocenters. The van der Waals surface area contributed by atoms with E-state index in [2.05, 4.69) is 41.4 Å². The third-order valence-corrected chi connectivity index (χ3v) is 3.35. The molecule has 1 heterocycles. The fraction of sp³-hybridized carbons (Fsp3) is 0.533. The summed E-state index contributed by atoms with van der Waals surface area (Å²) in [6.45, 7) is 6.75. The molecule has 0 bridgehead atoms. The number of nitrogens with one attached hydrogen (secondary N) is 1. The van der Waals surface area contributed by atoms with Crippen LogP contribution in [0.1, 0.15) is 17.5 Å². The number of aryl methyl sites for hydroxylation is 1. The largest absolute Gasteiger partial charge is 0.315 e. The molecule has 3 heteroatoms. The number of nitrogens with zero attached hydrogens (tertiary/aromatic N) is 1. The summed E-state index contributed by atoms with van der Waals surface area (Å²) in [5, 5.41) is 3.35. The van der Waals surface area contributed by atoms with Crippen molar-refractivity contribution in [3.05, 3.63) is 35.4 Å². The first kappa shape index (κ1) is 13.2.